The number of hydrogen-bond donors (Lipinski definition) is 0. The van der Waals surface area contributed by atoms with Gasteiger partial charge in [-0.1, -0.05) is 45.8 Å². The highest BCUT2D eigenvalue weighted by Crippen LogP contribution is 2.43. The zero-order valence-corrected chi connectivity index (χ0v) is 30.6. The zero-order valence-electron chi connectivity index (χ0n) is 30.6. The molecule has 6 nitrogen and oxygen atoms in total. The number of fused-ring (bicyclic) bond motifs is 1. The second-order valence-electron chi connectivity index (χ2n) is 16.5. The van der Waals surface area contributed by atoms with E-state index in [4.69, 9.17) is 4.98 Å². The molecule has 0 N–H and O–H groups in total. The molecule has 2 aliphatic heterocycles. The summed E-state index contributed by atoms with van der Waals surface area (Å²) in [7, 11) is 0. The fourth-order valence-electron chi connectivity index (χ4n) is 7.86. The van der Waals surface area contributed by atoms with E-state index in [1.54, 1.807) is 0 Å². The lowest BCUT2D eigenvalue weighted by Gasteiger charge is -2.48. The van der Waals surface area contributed by atoms with Crippen molar-refractivity contribution in [2.45, 2.75) is 124 Å². The molecule has 0 spiro atoms. The predicted molar refractivity (Wildman–Crippen MR) is 193 cm³/mol. The van der Waals surface area contributed by atoms with E-state index < -0.39 is 5.54 Å². The first-order valence-corrected chi connectivity index (χ1v) is 18.0. The van der Waals surface area contributed by atoms with Gasteiger partial charge in [0.2, 0.25) is 0 Å². The molecule has 2 saturated carbocycles. The number of nitrogens with zero attached hydrogens (tertiary/aromatic N) is 4. The standard InChI is InChI=1S/C41H58N4O2/c1-27(2)12-11-13-31-14-18-33(19-15-31)44-25-40(7,8)38-35(44)21-20-34(42-38)39(47)45-23-22-43(26-41(45,9)10)30(6)24-29(5)36(28(3)4)37(46)32-16-17-32/h20-21,24,27,31-33H,6,12,14-19,22-23,25-26H2,1-5,7-10H3/b29-24-. The van der Waals surface area contributed by atoms with Gasteiger partial charge in [-0.3, -0.25) is 9.59 Å². The van der Waals surface area contributed by atoms with Crippen molar-refractivity contribution in [2.75, 3.05) is 31.1 Å². The Morgan fingerprint density at radius 1 is 1.00 bits per heavy atom. The van der Waals surface area contributed by atoms with Gasteiger partial charge in [0.1, 0.15) is 5.69 Å². The third-order valence-corrected chi connectivity index (χ3v) is 10.6. The number of carbonyl (C=O) groups is 2. The molecule has 0 unspecified atom stereocenters. The van der Waals surface area contributed by atoms with Gasteiger partial charge in [-0.15, -0.1) is 5.92 Å². The van der Waals surface area contributed by atoms with Gasteiger partial charge in [0.15, 0.2) is 5.78 Å². The molecule has 0 aromatic carbocycles. The summed E-state index contributed by atoms with van der Waals surface area (Å²) in [5.74, 6) is 8.56. The average molecular weight is 639 g/mol. The van der Waals surface area contributed by atoms with E-state index in [2.05, 4.69) is 81.9 Å². The van der Waals surface area contributed by atoms with Crippen LogP contribution >= 0.6 is 0 Å². The van der Waals surface area contributed by atoms with Gasteiger partial charge in [0.05, 0.1) is 16.9 Å². The molecule has 3 fully saturated rings. The smallest absolute Gasteiger partial charge is 0.273 e. The van der Waals surface area contributed by atoms with Crippen molar-refractivity contribution < 1.29 is 9.59 Å². The monoisotopic (exact) mass is 638 g/mol. The molecule has 1 saturated heterocycles. The normalized spacial score (nSPS) is 23.6. The predicted octanol–water partition coefficient (Wildman–Crippen LogP) is 8.10. The Morgan fingerprint density at radius 2 is 1.68 bits per heavy atom. The minimum absolute atomic E-state index is 0.00799. The lowest BCUT2D eigenvalue weighted by atomic mass is 9.85. The maximum Gasteiger partial charge on any atom is 0.273 e. The van der Waals surface area contributed by atoms with Gasteiger partial charge in [0, 0.05) is 67.2 Å². The van der Waals surface area contributed by atoms with Crippen LogP contribution in [-0.2, 0) is 10.2 Å². The molecule has 0 atom stereocenters. The first-order valence-electron chi connectivity index (χ1n) is 18.0. The summed E-state index contributed by atoms with van der Waals surface area (Å²) in [5.41, 5.74) is 6.01. The number of amides is 1. The average Bonchev–Trinajstić information content (AvgIpc) is 3.81. The van der Waals surface area contributed by atoms with Crippen LogP contribution in [0, 0.1) is 29.6 Å². The number of ketones is 1. The van der Waals surface area contributed by atoms with Gasteiger partial charge in [-0.2, -0.15) is 0 Å². The van der Waals surface area contributed by atoms with Crippen molar-refractivity contribution >= 4 is 17.4 Å². The lowest BCUT2D eigenvalue weighted by molar-refractivity contribution is -0.116. The Morgan fingerprint density at radius 3 is 2.28 bits per heavy atom. The van der Waals surface area contributed by atoms with E-state index >= 15 is 0 Å². The Labute approximate surface area is 284 Å². The van der Waals surface area contributed by atoms with E-state index in [9.17, 15) is 9.59 Å². The number of hydrogen-bond acceptors (Lipinski definition) is 5. The van der Waals surface area contributed by atoms with Crippen LogP contribution in [0.4, 0.5) is 5.69 Å². The summed E-state index contributed by atoms with van der Waals surface area (Å²) < 4.78 is 0. The van der Waals surface area contributed by atoms with Gasteiger partial charge in [-0.05, 0) is 103 Å². The van der Waals surface area contributed by atoms with Crippen LogP contribution in [0.3, 0.4) is 0 Å². The number of anilines is 1. The van der Waals surface area contributed by atoms with Crippen molar-refractivity contribution in [3.05, 3.63) is 58.6 Å². The van der Waals surface area contributed by atoms with Gasteiger partial charge < -0.3 is 14.7 Å². The highest BCUT2D eigenvalue weighted by Gasteiger charge is 2.43. The van der Waals surface area contributed by atoms with E-state index in [0.29, 0.717) is 43.2 Å². The van der Waals surface area contributed by atoms with Crippen LogP contribution in [0.25, 0.3) is 0 Å². The van der Waals surface area contributed by atoms with Crippen molar-refractivity contribution in [1.82, 2.24) is 14.8 Å². The summed E-state index contributed by atoms with van der Waals surface area (Å²) in [6, 6.07) is 4.60. The molecular weight excluding hydrogens is 580 g/mol. The molecule has 254 valence electrons. The maximum absolute atomic E-state index is 14.1. The molecule has 3 heterocycles. The number of Topliss-reactive ketones (excluding diaryl/α,β-unsaturated/α-hetero) is 1. The molecular formula is C41H58N4O2. The third-order valence-electron chi connectivity index (χ3n) is 10.6. The highest BCUT2D eigenvalue weighted by atomic mass is 16.2. The van der Waals surface area contributed by atoms with E-state index in [-0.39, 0.29) is 23.0 Å². The van der Waals surface area contributed by atoms with E-state index in [1.807, 2.05) is 31.7 Å². The van der Waals surface area contributed by atoms with Crippen LogP contribution < -0.4 is 4.90 Å². The largest absolute Gasteiger partial charge is 0.368 e. The van der Waals surface area contributed by atoms with E-state index in [0.717, 1.165) is 79.6 Å². The van der Waals surface area contributed by atoms with Gasteiger partial charge >= 0.3 is 0 Å². The third kappa shape index (κ3) is 7.71. The lowest BCUT2D eigenvalue weighted by Crippen LogP contribution is -2.60. The van der Waals surface area contributed by atoms with Crippen LogP contribution in [0.5, 0.6) is 0 Å². The summed E-state index contributed by atoms with van der Waals surface area (Å²) in [4.78, 5) is 38.9. The fraction of sp³-hybridized carbons (Fsp3) is 0.634. The quantitative estimate of drug-likeness (QED) is 0.164. The molecule has 0 radical (unpaired) electrons. The number of piperazine rings is 1. The Hall–Kier alpha value is -3.33. The minimum atomic E-state index is -0.415. The molecule has 2 aliphatic carbocycles. The summed E-state index contributed by atoms with van der Waals surface area (Å²) in [5, 5.41) is 0. The van der Waals surface area contributed by atoms with Crippen molar-refractivity contribution in [3.63, 3.8) is 0 Å². The van der Waals surface area contributed by atoms with Gasteiger partial charge in [0.25, 0.3) is 5.91 Å². The Bertz CT molecular complexity index is 1520. The van der Waals surface area contributed by atoms with Crippen LogP contribution in [0.1, 0.15) is 123 Å². The zero-order chi connectivity index (χ0) is 34.3. The minimum Gasteiger partial charge on any atom is -0.368 e. The number of carbonyl (C=O) groups excluding carboxylic acids is 2. The number of aromatic nitrogens is 1. The molecule has 6 heteroatoms. The first kappa shape index (κ1) is 35.0. The molecule has 4 aliphatic rings. The molecule has 0 bridgehead atoms. The van der Waals surface area contributed by atoms with Gasteiger partial charge in [-0.25, -0.2) is 4.98 Å². The molecule has 47 heavy (non-hydrogen) atoms. The SMILES string of the molecule is C=C(/C=C(/C)C(C(=O)C1CC1)=C(C)C)N1CCN(C(=O)c2ccc3c(n2)C(C)(C)CN3C2CCC(C#CCC(C)C)CC2)C(C)(C)C1. The fourth-order valence-corrected chi connectivity index (χ4v) is 7.86. The molecule has 1 amide bonds. The summed E-state index contributed by atoms with van der Waals surface area (Å²) in [6.07, 6.45) is 9.66. The van der Waals surface area contributed by atoms with Crippen molar-refractivity contribution in [2.24, 2.45) is 17.8 Å². The Kier molecular flexibility index (Phi) is 10.2. The maximum atomic E-state index is 14.1. The second kappa shape index (κ2) is 13.7. The number of allylic oxidation sites excluding steroid dienone is 4. The number of rotatable bonds is 8. The Balaban J connectivity index is 1.25. The van der Waals surface area contributed by atoms with Crippen LogP contribution in [0.2, 0.25) is 0 Å². The highest BCUT2D eigenvalue weighted by molar-refractivity contribution is 6.03. The van der Waals surface area contributed by atoms with Crippen LogP contribution in [-0.4, -0.2) is 64.2 Å². The second-order valence-corrected chi connectivity index (χ2v) is 16.5. The van der Waals surface area contributed by atoms with Crippen molar-refractivity contribution in [3.8, 4) is 11.8 Å². The first-order chi connectivity index (χ1) is 22.1. The number of pyridine rings is 1. The summed E-state index contributed by atoms with van der Waals surface area (Å²) >= 11 is 0. The summed E-state index contributed by atoms with van der Waals surface area (Å²) in [6.45, 7) is 26.6. The van der Waals surface area contributed by atoms with Crippen molar-refractivity contribution in [1.29, 1.82) is 0 Å². The topological polar surface area (TPSA) is 56.8 Å². The molecule has 5 rings (SSSR count). The molecule has 1 aromatic rings. The van der Waals surface area contributed by atoms with E-state index in [1.165, 1.54) is 5.69 Å². The molecule has 1 aromatic heterocycles. The van der Waals surface area contributed by atoms with Crippen LogP contribution in [0.15, 0.2) is 47.2 Å².